The maximum atomic E-state index is 11.9. The molecule has 4 rings (SSSR count). The summed E-state index contributed by atoms with van der Waals surface area (Å²) in [7, 11) is 1.82. The molecule has 1 saturated heterocycles. The van der Waals surface area contributed by atoms with Gasteiger partial charge < -0.3 is 9.80 Å². The molecule has 1 aromatic heterocycles. The van der Waals surface area contributed by atoms with Crippen molar-refractivity contribution in [2.45, 2.75) is 25.7 Å². The monoisotopic (exact) mass is 321 g/mol. The first kappa shape index (κ1) is 14.9. The average Bonchev–Trinajstić information content (AvgIpc) is 3.04. The summed E-state index contributed by atoms with van der Waals surface area (Å²) in [4.78, 5) is 31.6. The van der Waals surface area contributed by atoms with Gasteiger partial charge in [-0.3, -0.25) is 14.6 Å². The largest absolute Gasteiger partial charge is 0.315 e. The van der Waals surface area contributed by atoms with E-state index in [2.05, 4.69) is 11.1 Å². The van der Waals surface area contributed by atoms with E-state index in [9.17, 15) is 9.59 Å². The van der Waals surface area contributed by atoms with Crippen LogP contribution < -0.4 is 9.80 Å². The number of benzene rings is 1. The van der Waals surface area contributed by atoms with Gasteiger partial charge in [0.25, 0.3) is 0 Å². The van der Waals surface area contributed by atoms with Gasteiger partial charge >= 0.3 is 0 Å². The number of aromatic nitrogens is 1. The van der Waals surface area contributed by atoms with Crippen LogP contribution >= 0.6 is 0 Å². The number of amides is 2. The minimum atomic E-state index is 0.159. The van der Waals surface area contributed by atoms with Crippen LogP contribution in [-0.4, -0.2) is 30.4 Å². The van der Waals surface area contributed by atoms with Gasteiger partial charge in [0.2, 0.25) is 11.8 Å². The van der Waals surface area contributed by atoms with Crippen LogP contribution in [0, 0.1) is 0 Å². The summed E-state index contributed by atoms with van der Waals surface area (Å²) < 4.78 is 0. The van der Waals surface area contributed by atoms with Gasteiger partial charge in [0.15, 0.2) is 0 Å². The van der Waals surface area contributed by atoms with Gasteiger partial charge in [-0.15, -0.1) is 0 Å². The van der Waals surface area contributed by atoms with E-state index in [4.69, 9.17) is 0 Å². The number of hydrogen-bond donors (Lipinski definition) is 0. The number of carbonyl (C=O) groups is 2. The van der Waals surface area contributed by atoms with E-state index in [-0.39, 0.29) is 11.8 Å². The number of fused-ring (bicyclic) bond motifs is 1. The summed E-state index contributed by atoms with van der Waals surface area (Å²) in [5.41, 5.74) is 5.08. The summed E-state index contributed by atoms with van der Waals surface area (Å²) in [5, 5.41) is 0. The first-order chi connectivity index (χ1) is 11.6. The fourth-order valence-electron chi connectivity index (χ4n) is 3.49. The highest BCUT2D eigenvalue weighted by atomic mass is 16.2. The Morgan fingerprint density at radius 3 is 2.62 bits per heavy atom. The van der Waals surface area contributed by atoms with Crippen LogP contribution in [0.3, 0.4) is 0 Å². The molecule has 0 bridgehead atoms. The Kier molecular flexibility index (Phi) is 3.56. The van der Waals surface area contributed by atoms with Gasteiger partial charge in [-0.05, 0) is 42.2 Å². The smallest absolute Gasteiger partial charge is 0.227 e. The fraction of sp³-hybridized carbons (Fsp3) is 0.316. The third-order valence-electron chi connectivity index (χ3n) is 4.87. The fourth-order valence-corrected chi connectivity index (χ4v) is 3.49. The van der Waals surface area contributed by atoms with E-state index in [1.54, 1.807) is 16.0 Å². The lowest BCUT2D eigenvalue weighted by Gasteiger charge is -2.26. The predicted octanol–water partition coefficient (Wildman–Crippen LogP) is 2.78. The Labute approximate surface area is 140 Å². The Morgan fingerprint density at radius 1 is 0.958 bits per heavy atom. The van der Waals surface area contributed by atoms with E-state index in [0.29, 0.717) is 12.8 Å². The molecule has 2 aromatic rings. The molecule has 3 heterocycles. The molecule has 2 amide bonds. The van der Waals surface area contributed by atoms with Gasteiger partial charge in [-0.1, -0.05) is 6.07 Å². The quantitative estimate of drug-likeness (QED) is 0.854. The van der Waals surface area contributed by atoms with Crippen molar-refractivity contribution in [3.8, 4) is 11.1 Å². The van der Waals surface area contributed by atoms with E-state index in [0.717, 1.165) is 41.9 Å². The summed E-state index contributed by atoms with van der Waals surface area (Å²) in [6.45, 7) is 0.765. The number of carbonyl (C=O) groups excluding carboxylic acids is 2. The molecule has 1 fully saturated rings. The molecule has 5 heteroatoms. The van der Waals surface area contributed by atoms with Crippen molar-refractivity contribution in [2.75, 3.05) is 23.4 Å². The van der Waals surface area contributed by atoms with Crippen molar-refractivity contribution in [2.24, 2.45) is 0 Å². The minimum Gasteiger partial charge on any atom is -0.315 e. The predicted molar refractivity (Wildman–Crippen MR) is 93.0 cm³/mol. The lowest BCUT2D eigenvalue weighted by Crippen LogP contribution is -2.30. The zero-order valence-corrected chi connectivity index (χ0v) is 13.7. The third-order valence-corrected chi connectivity index (χ3v) is 4.87. The van der Waals surface area contributed by atoms with Crippen molar-refractivity contribution < 1.29 is 9.59 Å². The van der Waals surface area contributed by atoms with E-state index in [1.807, 2.05) is 31.4 Å². The Hall–Kier alpha value is -2.69. The highest BCUT2D eigenvalue weighted by molar-refractivity contribution is 5.97. The van der Waals surface area contributed by atoms with Gasteiger partial charge in [0, 0.05) is 43.9 Å². The molecule has 5 nitrogen and oxygen atoms in total. The topological polar surface area (TPSA) is 53.5 Å². The molecule has 1 aromatic carbocycles. The molecular weight excluding hydrogens is 302 g/mol. The van der Waals surface area contributed by atoms with E-state index < -0.39 is 0 Å². The van der Waals surface area contributed by atoms with Crippen molar-refractivity contribution in [1.29, 1.82) is 0 Å². The standard InChI is InChI=1S/C19H19N3O2/c1-21-17-6-4-13(9-14(17)5-7-18(21)23)15-10-16(12-20-11-15)22-8-2-3-19(22)24/h4,6,9-12H,2-3,5,7-8H2,1H3. The Morgan fingerprint density at radius 2 is 1.83 bits per heavy atom. The van der Waals surface area contributed by atoms with Crippen molar-refractivity contribution in [1.82, 2.24) is 4.98 Å². The van der Waals surface area contributed by atoms with E-state index in [1.165, 1.54) is 5.56 Å². The lowest BCUT2D eigenvalue weighted by molar-refractivity contribution is -0.118. The van der Waals surface area contributed by atoms with Gasteiger partial charge in [-0.25, -0.2) is 0 Å². The van der Waals surface area contributed by atoms with Crippen LogP contribution in [0.5, 0.6) is 0 Å². The number of anilines is 2. The molecule has 0 aliphatic carbocycles. The zero-order valence-electron chi connectivity index (χ0n) is 13.7. The average molecular weight is 321 g/mol. The second-order valence-corrected chi connectivity index (χ2v) is 6.38. The minimum absolute atomic E-state index is 0.159. The van der Waals surface area contributed by atoms with Gasteiger partial charge in [0.05, 0.1) is 11.9 Å². The SMILES string of the molecule is CN1C(=O)CCc2cc(-c3cncc(N4CCCC4=O)c3)ccc21. The van der Waals surface area contributed by atoms with Crippen LogP contribution in [0.15, 0.2) is 36.7 Å². The molecule has 2 aliphatic rings. The van der Waals surface area contributed by atoms with Gasteiger partial charge in [0.1, 0.15) is 0 Å². The second-order valence-electron chi connectivity index (χ2n) is 6.38. The highest BCUT2D eigenvalue weighted by Crippen LogP contribution is 2.32. The highest BCUT2D eigenvalue weighted by Gasteiger charge is 2.23. The summed E-state index contributed by atoms with van der Waals surface area (Å²) in [6.07, 6.45) is 6.41. The number of aryl methyl sites for hydroxylation is 1. The molecule has 24 heavy (non-hydrogen) atoms. The molecule has 2 aliphatic heterocycles. The van der Waals surface area contributed by atoms with Crippen LogP contribution in [0.1, 0.15) is 24.8 Å². The summed E-state index contributed by atoms with van der Waals surface area (Å²) in [6, 6.07) is 8.16. The number of hydrogen-bond acceptors (Lipinski definition) is 3. The zero-order chi connectivity index (χ0) is 16.7. The molecular formula is C19H19N3O2. The molecule has 0 spiro atoms. The van der Waals surface area contributed by atoms with Crippen molar-refractivity contribution in [3.63, 3.8) is 0 Å². The molecule has 0 atom stereocenters. The Bertz CT molecular complexity index is 831. The molecule has 0 unspecified atom stereocenters. The van der Waals surface area contributed by atoms with Crippen LogP contribution in [0.2, 0.25) is 0 Å². The molecule has 0 N–H and O–H groups in total. The third kappa shape index (κ3) is 2.46. The second kappa shape index (κ2) is 5.74. The van der Waals surface area contributed by atoms with Crippen LogP contribution in [0.25, 0.3) is 11.1 Å². The first-order valence-electron chi connectivity index (χ1n) is 8.29. The lowest BCUT2D eigenvalue weighted by atomic mass is 9.96. The van der Waals surface area contributed by atoms with E-state index >= 15 is 0 Å². The number of nitrogens with zero attached hydrogens (tertiary/aromatic N) is 3. The first-order valence-corrected chi connectivity index (χ1v) is 8.29. The molecule has 122 valence electrons. The summed E-state index contributed by atoms with van der Waals surface area (Å²) in [5.74, 6) is 0.325. The number of pyridine rings is 1. The Balaban J connectivity index is 1.69. The van der Waals surface area contributed by atoms with Gasteiger partial charge in [-0.2, -0.15) is 0 Å². The van der Waals surface area contributed by atoms with Crippen molar-refractivity contribution >= 4 is 23.2 Å². The maximum Gasteiger partial charge on any atom is 0.227 e. The van der Waals surface area contributed by atoms with Crippen molar-refractivity contribution in [3.05, 3.63) is 42.2 Å². The molecule has 0 saturated carbocycles. The molecule has 0 radical (unpaired) electrons. The normalized spacial score (nSPS) is 17.4. The van der Waals surface area contributed by atoms with Crippen LogP contribution in [-0.2, 0) is 16.0 Å². The number of rotatable bonds is 2. The summed E-state index contributed by atoms with van der Waals surface area (Å²) >= 11 is 0. The maximum absolute atomic E-state index is 11.9. The van der Waals surface area contributed by atoms with Crippen LogP contribution in [0.4, 0.5) is 11.4 Å².